The lowest BCUT2D eigenvalue weighted by molar-refractivity contribution is 0.162. The molecule has 2 fully saturated rings. The van der Waals surface area contributed by atoms with Gasteiger partial charge in [-0.1, -0.05) is 37.8 Å². The van der Waals surface area contributed by atoms with Gasteiger partial charge in [-0.25, -0.2) is 0 Å². The van der Waals surface area contributed by atoms with Crippen LogP contribution < -0.4 is 5.32 Å². The van der Waals surface area contributed by atoms with Crippen LogP contribution in [0.4, 0.5) is 5.69 Å². The SMILES string of the molecule is COCc1cccc(NC2CCC3CCCCC3C2)c1. The van der Waals surface area contributed by atoms with Gasteiger partial charge in [0.25, 0.3) is 0 Å². The minimum Gasteiger partial charge on any atom is -0.382 e. The summed E-state index contributed by atoms with van der Waals surface area (Å²) in [5, 5.41) is 3.76. The van der Waals surface area contributed by atoms with Gasteiger partial charge in [0, 0.05) is 18.8 Å². The standard InChI is InChI=1S/C18H27NO/c1-20-13-14-5-4-8-17(11-14)19-18-10-9-15-6-2-3-7-16(15)12-18/h4-5,8,11,15-16,18-19H,2-3,6-7,9-10,12-13H2,1H3. The number of rotatable bonds is 4. The first-order chi connectivity index (χ1) is 9.85. The molecule has 110 valence electrons. The van der Waals surface area contributed by atoms with Gasteiger partial charge in [-0.3, -0.25) is 0 Å². The van der Waals surface area contributed by atoms with Crippen LogP contribution in [0, 0.1) is 11.8 Å². The van der Waals surface area contributed by atoms with Crippen LogP contribution in [0.5, 0.6) is 0 Å². The van der Waals surface area contributed by atoms with Gasteiger partial charge in [0.1, 0.15) is 0 Å². The predicted octanol–water partition coefficient (Wildman–Crippen LogP) is 4.60. The molecule has 0 radical (unpaired) electrons. The van der Waals surface area contributed by atoms with Gasteiger partial charge in [-0.2, -0.15) is 0 Å². The summed E-state index contributed by atoms with van der Waals surface area (Å²) in [6.07, 6.45) is 10.0. The van der Waals surface area contributed by atoms with Crippen molar-refractivity contribution >= 4 is 5.69 Å². The zero-order chi connectivity index (χ0) is 13.8. The number of ether oxygens (including phenoxy) is 1. The average Bonchev–Trinajstić information content (AvgIpc) is 2.48. The van der Waals surface area contributed by atoms with Crippen molar-refractivity contribution in [3.63, 3.8) is 0 Å². The van der Waals surface area contributed by atoms with Crippen molar-refractivity contribution in [2.45, 2.75) is 57.6 Å². The van der Waals surface area contributed by atoms with Crippen LogP contribution in [0.2, 0.25) is 0 Å². The molecule has 3 atom stereocenters. The van der Waals surface area contributed by atoms with Gasteiger partial charge < -0.3 is 10.1 Å². The second-order valence-corrected chi connectivity index (χ2v) is 6.59. The molecule has 3 unspecified atom stereocenters. The highest BCUT2D eigenvalue weighted by molar-refractivity contribution is 5.46. The highest BCUT2D eigenvalue weighted by atomic mass is 16.5. The van der Waals surface area contributed by atoms with Gasteiger partial charge in [0.2, 0.25) is 0 Å². The number of hydrogen-bond donors (Lipinski definition) is 1. The first-order valence-electron chi connectivity index (χ1n) is 8.19. The molecular formula is C18H27NO. The Hall–Kier alpha value is -1.02. The monoisotopic (exact) mass is 273 g/mol. The molecule has 2 saturated carbocycles. The molecule has 2 nitrogen and oxygen atoms in total. The van der Waals surface area contributed by atoms with Crippen LogP contribution in [0.1, 0.15) is 50.5 Å². The van der Waals surface area contributed by atoms with Crippen LogP contribution in [-0.2, 0) is 11.3 Å². The Morgan fingerprint density at radius 2 is 1.95 bits per heavy atom. The highest BCUT2D eigenvalue weighted by Crippen LogP contribution is 2.41. The predicted molar refractivity (Wildman–Crippen MR) is 83.9 cm³/mol. The minimum absolute atomic E-state index is 0.673. The number of anilines is 1. The zero-order valence-corrected chi connectivity index (χ0v) is 12.6. The van der Waals surface area contributed by atoms with E-state index in [0.717, 1.165) is 11.8 Å². The van der Waals surface area contributed by atoms with Gasteiger partial charge in [-0.15, -0.1) is 0 Å². The molecule has 3 rings (SSSR count). The third-order valence-electron chi connectivity index (χ3n) is 5.15. The fourth-order valence-corrected chi connectivity index (χ4v) is 4.16. The lowest BCUT2D eigenvalue weighted by Gasteiger charge is -2.39. The van der Waals surface area contributed by atoms with E-state index in [0.29, 0.717) is 12.6 Å². The molecule has 1 N–H and O–H groups in total. The Labute approximate surface area is 122 Å². The summed E-state index contributed by atoms with van der Waals surface area (Å²) >= 11 is 0. The number of methoxy groups -OCH3 is 1. The summed E-state index contributed by atoms with van der Waals surface area (Å²) in [6.45, 7) is 0.699. The summed E-state index contributed by atoms with van der Waals surface area (Å²) in [4.78, 5) is 0. The molecule has 1 aromatic rings. The molecular weight excluding hydrogens is 246 g/mol. The van der Waals surface area contributed by atoms with Gasteiger partial charge in [0.05, 0.1) is 6.61 Å². The van der Waals surface area contributed by atoms with E-state index in [1.54, 1.807) is 7.11 Å². The topological polar surface area (TPSA) is 21.3 Å². The van der Waals surface area contributed by atoms with Crippen molar-refractivity contribution in [1.29, 1.82) is 0 Å². The lowest BCUT2D eigenvalue weighted by atomic mass is 9.69. The van der Waals surface area contributed by atoms with E-state index < -0.39 is 0 Å². The third-order valence-corrected chi connectivity index (χ3v) is 5.15. The maximum atomic E-state index is 5.22. The van der Waals surface area contributed by atoms with Crippen LogP contribution in [0.25, 0.3) is 0 Å². The minimum atomic E-state index is 0.673. The van der Waals surface area contributed by atoms with Crippen molar-refractivity contribution in [1.82, 2.24) is 0 Å². The molecule has 0 heterocycles. The van der Waals surface area contributed by atoms with Gasteiger partial charge in [-0.05, 0) is 48.8 Å². The summed E-state index contributed by atoms with van der Waals surface area (Å²) in [5.74, 6) is 2.01. The maximum Gasteiger partial charge on any atom is 0.0713 e. The fourth-order valence-electron chi connectivity index (χ4n) is 4.16. The second-order valence-electron chi connectivity index (χ2n) is 6.59. The van der Waals surface area contributed by atoms with Crippen LogP contribution in [0.3, 0.4) is 0 Å². The third kappa shape index (κ3) is 3.35. The molecule has 0 bridgehead atoms. The average molecular weight is 273 g/mol. The van der Waals surface area contributed by atoms with Crippen LogP contribution in [0.15, 0.2) is 24.3 Å². The zero-order valence-electron chi connectivity index (χ0n) is 12.6. The molecule has 0 aliphatic heterocycles. The molecule has 2 aliphatic rings. The van der Waals surface area contributed by atoms with Gasteiger partial charge in [0.15, 0.2) is 0 Å². The first-order valence-corrected chi connectivity index (χ1v) is 8.19. The van der Waals surface area contributed by atoms with Crippen LogP contribution in [-0.4, -0.2) is 13.2 Å². The number of fused-ring (bicyclic) bond motifs is 1. The molecule has 0 saturated heterocycles. The summed E-state index contributed by atoms with van der Waals surface area (Å²) in [7, 11) is 1.75. The Kier molecular flexibility index (Phi) is 4.62. The van der Waals surface area contributed by atoms with Crippen molar-refractivity contribution in [2.75, 3.05) is 12.4 Å². The van der Waals surface area contributed by atoms with E-state index >= 15 is 0 Å². The quantitative estimate of drug-likeness (QED) is 0.865. The summed E-state index contributed by atoms with van der Waals surface area (Å²) < 4.78 is 5.22. The smallest absolute Gasteiger partial charge is 0.0713 e. The van der Waals surface area contributed by atoms with Crippen molar-refractivity contribution in [3.05, 3.63) is 29.8 Å². The van der Waals surface area contributed by atoms with Crippen molar-refractivity contribution in [3.8, 4) is 0 Å². The molecule has 20 heavy (non-hydrogen) atoms. The maximum absolute atomic E-state index is 5.22. The summed E-state index contributed by atoms with van der Waals surface area (Å²) in [5.41, 5.74) is 2.52. The Bertz CT molecular complexity index is 431. The fraction of sp³-hybridized carbons (Fsp3) is 0.667. The number of hydrogen-bond acceptors (Lipinski definition) is 2. The lowest BCUT2D eigenvalue weighted by Crippen LogP contribution is -2.34. The molecule has 2 aliphatic carbocycles. The Morgan fingerprint density at radius 3 is 2.80 bits per heavy atom. The van der Waals surface area contributed by atoms with E-state index in [2.05, 4.69) is 29.6 Å². The van der Waals surface area contributed by atoms with Crippen LogP contribution >= 0.6 is 0 Å². The van der Waals surface area contributed by atoms with E-state index in [1.165, 1.54) is 56.2 Å². The van der Waals surface area contributed by atoms with Gasteiger partial charge >= 0.3 is 0 Å². The van der Waals surface area contributed by atoms with Crippen molar-refractivity contribution < 1.29 is 4.74 Å². The number of nitrogens with one attached hydrogen (secondary N) is 1. The van der Waals surface area contributed by atoms with Crippen molar-refractivity contribution in [2.24, 2.45) is 11.8 Å². The molecule has 0 aromatic heterocycles. The largest absolute Gasteiger partial charge is 0.382 e. The second kappa shape index (κ2) is 6.62. The molecule has 0 amide bonds. The van der Waals surface area contributed by atoms with E-state index in [-0.39, 0.29) is 0 Å². The molecule has 0 spiro atoms. The summed E-state index contributed by atoms with van der Waals surface area (Å²) in [6, 6.07) is 9.35. The van der Waals surface area contributed by atoms with E-state index in [1.807, 2.05) is 0 Å². The molecule has 1 aromatic carbocycles. The Morgan fingerprint density at radius 1 is 1.10 bits per heavy atom. The van der Waals surface area contributed by atoms with E-state index in [4.69, 9.17) is 4.74 Å². The first kappa shape index (κ1) is 13.9. The van der Waals surface area contributed by atoms with E-state index in [9.17, 15) is 0 Å². The molecule has 2 heteroatoms. The Balaban J connectivity index is 1.59. The number of benzene rings is 1. The highest BCUT2D eigenvalue weighted by Gasteiger charge is 2.31. The normalized spacial score (nSPS) is 29.8.